The van der Waals surface area contributed by atoms with Crippen LogP contribution in [0.3, 0.4) is 0 Å². The summed E-state index contributed by atoms with van der Waals surface area (Å²) in [6, 6.07) is 8.19. The molecule has 160 valence electrons. The van der Waals surface area contributed by atoms with Crippen molar-refractivity contribution >= 4 is 63.9 Å². The van der Waals surface area contributed by atoms with Crippen LogP contribution in [0.25, 0.3) is 16.8 Å². The Morgan fingerprint density at radius 1 is 1.29 bits per heavy atom. The highest BCUT2D eigenvalue weighted by atomic mass is 35.5. The molecule has 0 unspecified atom stereocenters. The summed E-state index contributed by atoms with van der Waals surface area (Å²) in [5.41, 5.74) is 8.04. The highest BCUT2D eigenvalue weighted by Gasteiger charge is 2.20. The van der Waals surface area contributed by atoms with Crippen LogP contribution in [0.1, 0.15) is 5.56 Å². The second-order valence-electron chi connectivity index (χ2n) is 6.38. The van der Waals surface area contributed by atoms with Gasteiger partial charge in [-0.25, -0.2) is 14.4 Å². The zero-order valence-electron chi connectivity index (χ0n) is 16.1. The number of aliphatic hydroxyl groups excluding tert-OH is 1. The van der Waals surface area contributed by atoms with Crippen molar-refractivity contribution in [2.45, 2.75) is 16.7 Å². The van der Waals surface area contributed by atoms with Gasteiger partial charge in [0.2, 0.25) is 0 Å². The van der Waals surface area contributed by atoms with Gasteiger partial charge in [0.05, 0.1) is 17.3 Å². The molecule has 0 atom stereocenters. The number of benzene rings is 2. The lowest BCUT2D eigenvalue weighted by molar-refractivity contribution is 0.281. The summed E-state index contributed by atoms with van der Waals surface area (Å²) in [6.45, 7) is -0.253. The first-order chi connectivity index (χ1) is 14.9. The molecule has 11 heteroatoms. The molecule has 0 fully saturated rings. The van der Waals surface area contributed by atoms with Gasteiger partial charge in [-0.15, -0.1) is 0 Å². The molecule has 4 rings (SSSR count). The fraction of sp³-hybridized carbons (Fsp3) is 0.100. The van der Waals surface area contributed by atoms with Gasteiger partial charge in [-0.05, 0) is 48.0 Å². The smallest absolute Gasteiger partial charge is 0.173 e. The maximum absolute atomic E-state index is 15.5. The van der Waals surface area contributed by atoms with Crippen molar-refractivity contribution in [1.82, 2.24) is 14.4 Å². The molecule has 0 saturated carbocycles. The summed E-state index contributed by atoms with van der Waals surface area (Å²) in [4.78, 5) is 9.26. The standard InChI is InChI=1S/C20H16Cl2FN5OS2/c1-30-20-26-17(18-19(24)25-5-6-28(18)20)12-3-2-4-13(16(12)23)27-31-14-8-11(21)7-10(9-29)15(14)22/h2-8,27,29H,9H2,1H3,(H2,24,25). The second-order valence-corrected chi connectivity index (χ2v) is 8.82. The van der Waals surface area contributed by atoms with Crippen LogP contribution in [0.2, 0.25) is 10.0 Å². The number of aromatic nitrogens is 3. The van der Waals surface area contributed by atoms with E-state index < -0.39 is 5.82 Å². The first kappa shape index (κ1) is 22.0. The number of fused-ring (bicyclic) bond motifs is 1. The lowest BCUT2D eigenvalue weighted by Gasteiger charge is -2.12. The third-order valence-electron chi connectivity index (χ3n) is 4.51. The van der Waals surface area contributed by atoms with Crippen LogP contribution < -0.4 is 10.5 Å². The van der Waals surface area contributed by atoms with Gasteiger partial charge in [-0.2, -0.15) is 0 Å². The van der Waals surface area contributed by atoms with Gasteiger partial charge >= 0.3 is 0 Å². The van der Waals surface area contributed by atoms with Crippen LogP contribution in [0.15, 0.2) is 52.8 Å². The maximum atomic E-state index is 15.5. The van der Waals surface area contributed by atoms with E-state index in [4.69, 9.17) is 28.9 Å². The molecule has 2 heterocycles. The number of nitrogens with zero attached hydrogens (tertiary/aromatic N) is 3. The van der Waals surface area contributed by atoms with E-state index in [9.17, 15) is 5.11 Å². The van der Waals surface area contributed by atoms with E-state index in [2.05, 4.69) is 14.7 Å². The monoisotopic (exact) mass is 495 g/mol. The summed E-state index contributed by atoms with van der Waals surface area (Å²) in [7, 11) is 0. The predicted molar refractivity (Wildman–Crippen MR) is 126 cm³/mol. The minimum absolute atomic E-state index is 0.235. The third kappa shape index (κ3) is 4.16. The molecule has 4 aromatic rings. The van der Waals surface area contributed by atoms with E-state index in [1.54, 1.807) is 47.1 Å². The van der Waals surface area contributed by atoms with E-state index in [1.807, 2.05) is 6.26 Å². The minimum Gasteiger partial charge on any atom is -0.392 e. The van der Waals surface area contributed by atoms with E-state index in [-0.39, 0.29) is 23.7 Å². The molecule has 2 aromatic heterocycles. The van der Waals surface area contributed by atoms with Crippen molar-refractivity contribution in [3.63, 3.8) is 0 Å². The summed E-state index contributed by atoms with van der Waals surface area (Å²) in [5.74, 6) is -0.230. The van der Waals surface area contributed by atoms with Crippen molar-refractivity contribution in [3.05, 3.63) is 64.2 Å². The average molecular weight is 496 g/mol. The highest BCUT2D eigenvalue weighted by Crippen LogP contribution is 2.37. The minimum atomic E-state index is -0.494. The summed E-state index contributed by atoms with van der Waals surface area (Å²) < 4.78 is 20.2. The van der Waals surface area contributed by atoms with Gasteiger partial charge in [0.25, 0.3) is 0 Å². The fourth-order valence-electron chi connectivity index (χ4n) is 3.08. The van der Waals surface area contributed by atoms with Gasteiger partial charge in [0.1, 0.15) is 17.0 Å². The number of anilines is 2. The summed E-state index contributed by atoms with van der Waals surface area (Å²) in [6.07, 6.45) is 5.20. The zero-order chi connectivity index (χ0) is 22.1. The van der Waals surface area contributed by atoms with Gasteiger partial charge in [0, 0.05) is 27.9 Å². The number of nitrogen functional groups attached to an aromatic ring is 1. The molecule has 31 heavy (non-hydrogen) atoms. The molecule has 0 bridgehead atoms. The Morgan fingerprint density at radius 3 is 2.84 bits per heavy atom. The zero-order valence-corrected chi connectivity index (χ0v) is 19.2. The SMILES string of the molecule is CSc1nc(-c2cccc(NSc3cc(Cl)cc(CO)c3Cl)c2F)c2c(N)nccn12. The normalized spacial score (nSPS) is 11.3. The quantitative estimate of drug-likeness (QED) is 0.231. The number of imidazole rings is 1. The van der Waals surface area contributed by atoms with Crippen LogP contribution in [0.4, 0.5) is 15.9 Å². The Balaban J connectivity index is 1.73. The van der Waals surface area contributed by atoms with Crippen molar-refractivity contribution in [1.29, 1.82) is 0 Å². The molecular weight excluding hydrogens is 480 g/mol. The number of halogens is 3. The van der Waals surface area contributed by atoms with Gasteiger partial charge in [-0.3, -0.25) is 4.40 Å². The Bertz CT molecular complexity index is 1280. The van der Waals surface area contributed by atoms with E-state index in [1.165, 1.54) is 11.8 Å². The first-order valence-electron chi connectivity index (χ1n) is 8.91. The Hall–Kier alpha value is -2.17. The number of nitrogens with two attached hydrogens (primary N) is 1. The van der Waals surface area contributed by atoms with Gasteiger partial charge < -0.3 is 15.6 Å². The molecule has 0 saturated heterocycles. The molecule has 2 aromatic carbocycles. The summed E-state index contributed by atoms with van der Waals surface area (Å²) in [5, 5.41) is 10.9. The molecular formula is C20H16Cl2FN5OS2. The number of thioether (sulfide) groups is 1. The molecule has 0 amide bonds. The predicted octanol–water partition coefficient (Wildman–Crippen LogP) is 5.76. The van der Waals surface area contributed by atoms with Crippen LogP contribution in [-0.2, 0) is 6.61 Å². The van der Waals surface area contributed by atoms with Crippen molar-refractivity contribution in [2.24, 2.45) is 0 Å². The van der Waals surface area contributed by atoms with Crippen molar-refractivity contribution < 1.29 is 9.50 Å². The topological polar surface area (TPSA) is 88.5 Å². The molecule has 0 radical (unpaired) electrons. The van der Waals surface area contributed by atoms with Crippen LogP contribution in [-0.4, -0.2) is 25.7 Å². The average Bonchev–Trinajstić information content (AvgIpc) is 3.14. The second kappa shape index (κ2) is 9.13. The van der Waals surface area contributed by atoms with Crippen molar-refractivity contribution in [2.75, 3.05) is 16.7 Å². The maximum Gasteiger partial charge on any atom is 0.173 e. The molecule has 4 N–H and O–H groups in total. The third-order valence-corrected chi connectivity index (χ3v) is 6.80. The van der Waals surface area contributed by atoms with E-state index in [0.717, 1.165) is 11.9 Å². The molecule has 0 aliphatic carbocycles. The fourth-order valence-corrected chi connectivity index (χ4v) is 4.99. The van der Waals surface area contributed by atoms with Crippen molar-refractivity contribution in [3.8, 4) is 11.3 Å². The van der Waals surface area contributed by atoms with E-state index in [0.29, 0.717) is 36.9 Å². The lowest BCUT2D eigenvalue weighted by atomic mass is 10.1. The molecule has 0 aliphatic heterocycles. The molecule has 0 spiro atoms. The van der Waals surface area contributed by atoms with Crippen LogP contribution >= 0.6 is 46.9 Å². The number of hydrogen-bond donors (Lipinski definition) is 3. The Morgan fingerprint density at radius 2 is 2.10 bits per heavy atom. The Kier molecular flexibility index (Phi) is 6.49. The Labute approximate surface area is 196 Å². The largest absolute Gasteiger partial charge is 0.392 e. The number of aliphatic hydroxyl groups is 1. The first-order valence-corrected chi connectivity index (χ1v) is 11.7. The molecule has 0 aliphatic rings. The highest BCUT2D eigenvalue weighted by molar-refractivity contribution is 8.00. The van der Waals surface area contributed by atoms with Gasteiger partial charge in [-0.1, -0.05) is 41.0 Å². The van der Waals surface area contributed by atoms with Crippen LogP contribution in [0.5, 0.6) is 0 Å². The lowest BCUT2D eigenvalue weighted by Crippen LogP contribution is -1.98. The molecule has 6 nitrogen and oxygen atoms in total. The number of rotatable bonds is 6. The van der Waals surface area contributed by atoms with Crippen LogP contribution in [0, 0.1) is 5.82 Å². The van der Waals surface area contributed by atoms with Gasteiger partial charge in [0.15, 0.2) is 11.0 Å². The number of nitrogens with one attached hydrogen (secondary N) is 1. The number of hydrogen-bond acceptors (Lipinski definition) is 7. The summed E-state index contributed by atoms with van der Waals surface area (Å²) >= 11 is 14.9. The van der Waals surface area contributed by atoms with E-state index >= 15 is 4.39 Å².